The molecule has 0 fully saturated rings. The number of nitrogens with zero attached hydrogens (tertiary/aromatic N) is 1. The maximum absolute atomic E-state index is 12.7. The molecule has 20 heavy (non-hydrogen) atoms. The van der Waals surface area contributed by atoms with Crippen molar-refractivity contribution in [1.82, 2.24) is 10.3 Å². The van der Waals surface area contributed by atoms with Crippen LogP contribution in [0.2, 0.25) is 0 Å². The lowest BCUT2D eigenvalue weighted by atomic mass is 10.1. The number of carbonyl (C=O) groups is 1. The van der Waals surface area contributed by atoms with Crippen LogP contribution >= 0.6 is 11.3 Å². The van der Waals surface area contributed by atoms with Crippen LogP contribution in [0, 0.1) is 12.7 Å². The summed E-state index contributed by atoms with van der Waals surface area (Å²) in [5.41, 5.74) is 0.970. The van der Waals surface area contributed by atoms with Gasteiger partial charge in [0.25, 0.3) is 0 Å². The van der Waals surface area contributed by atoms with E-state index in [1.165, 1.54) is 17.0 Å². The van der Waals surface area contributed by atoms with Gasteiger partial charge in [0.1, 0.15) is 5.82 Å². The molecule has 2 rings (SSSR count). The second kappa shape index (κ2) is 7.14. The molecule has 0 spiro atoms. The van der Waals surface area contributed by atoms with E-state index in [9.17, 15) is 9.18 Å². The molecule has 1 aromatic heterocycles. The number of carbonyl (C=O) groups excluding carboxylic acids is 1. The summed E-state index contributed by atoms with van der Waals surface area (Å²) in [7, 11) is 0. The van der Waals surface area contributed by atoms with E-state index in [1.807, 2.05) is 13.1 Å². The predicted octanol–water partition coefficient (Wildman–Crippen LogP) is 2.88. The fourth-order valence-corrected chi connectivity index (χ4v) is 2.61. The molecule has 0 bridgehead atoms. The Morgan fingerprint density at radius 3 is 2.70 bits per heavy atom. The molecule has 106 valence electrons. The van der Waals surface area contributed by atoms with Gasteiger partial charge >= 0.3 is 0 Å². The standard InChI is InChI=1S/C15H17FN2OS/c1-11-10-18-15(20-11)8-9-17-14(19)7-4-12-2-5-13(16)6-3-12/h2-3,5-6,10H,4,7-9H2,1H3,(H,17,19). The summed E-state index contributed by atoms with van der Waals surface area (Å²) in [6.45, 7) is 2.62. The van der Waals surface area contributed by atoms with Gasteiger partial charge in [0.2, 0.25) is 5.91 Å². The van der Waals surface area contributed by atoms with Crippen molar-refractivity contribution in [2.75, 3.05) is 6.54 Å². The van der Waals surface area contributed by atoms with Gasteiger partial charge in [0, 0.05) is 30.5 Å². The maximum atomic E-state index is 12.7. The molecular weight excluding hydrogens is 275 g/mol. The van der Waals surface area contributed by atoms with Crippen molar-refractivity contribution in [2.24, 2.45) is 0 Å². The first-order valence-corrected chi connectivity index (χ1v) is 7.37. The molecule has 0 atom stereocenters. The van der Waals surface area contributed by atoms with E-state index in [1.54, 1.807) is 23.5 Å². The molecule has 0 aliphatic carbocycles. The molecule has 1 amide bonds. The lowest BCUT2D eigenvalue weighted by Crippen LogP contribution is -2.25. The van der Waals surface area contributed by atoms with Crippen LogP contribution in [0.4, 0.5) is 4.39 Å². The average molecular weight is 292 g/mol. The zero-order valence-electron chi connectivity index (χ0n) is 11.4. The fourth-order valence-electron chi connectivity index (χ4n) is 1.82. The van der Waals surface area contributed by atoms with Gasteiger partial charge < -0.3 is 5.32 Å². The SMILES string of the molecule is Cc1cnc(CCNC(=O)CCc2ccc(F)cc2)s1. The first kappa shape index (κ1) is 14.7. The summed E-state index contributed by atoms with van der Waals surface area (Å²) in [6, 6.07) is 6.25. The quantitative estimate of drug-likeness (QED) is 0.889. The van der Waals surface area contributed by atoms with Crippen molar-refractivity contribution in [3.63, 3.8) is 0 Å². The normalized spacial score (nSPS) is 10.5. The van der Waals surface area contributed by atoms with Crippen LogP contribution in [0.25, 0.3) is 0 Å². The zero-order valence-corrected chi connectivity index (χ0v) is 12.2. The van der Waals surface area contributed by atoms with Crippen molar-refractivity contribution in [3.05, 3.63) is 51.7 Å². The molecule has 5 heteroatoms. The molecule has 0 saturated heterocycles. The molecule has 1 heterocycles. The number of aromatic nitrogens is 1. The van der Waals surface area contributed by atoms with Crippen LogP contribution < -0.4 is 5.32 Å². The van der Waals surface area contributed by atoms with E-state index in [0.717, 1.165) is 17.0 Å². The van der Waals surface area contributed by atoms with Crippen molar-refractivity contribution in [3.8, 4) is 0 Å². The minimum absolute atomic E-state index is 0.0163. The minimum atomic E-state index is -0.253. The van der Waals surface area contributed by atoms with E-state index >= 15 is 0 Å². The summed E-state index contributed by atoms with van der Waals surface area (Å²) < 4.78 is 12.7. The third-order valence-corrected chi connectivity index (χ3v) is 3.86. The van der Waals surface area contributed by atoms with Gasteiger partial charge in [-0.05, 0) is 31.0 Å². The summed E-state index contributed by atoms with van der Waals surface area (Å²) in [4.78, 5) is 17.1. The van der Waals surface area contributed by atoms with Gasteiger partial charge in [-0.1, -0.05) is 12.1 Å². The summed E-state index contributed by atoms with van der Waals surface area (Å²) in [6.07, 6.45) is 3.65. The first-order chi connectivity index (χ1) is 9.63. The van der Waals surface area contributed by atoms with Gasteiger partial charge in [-0.15, -0.1) is 11.3 Å². The number of nitrogens with one attached hydrogen (secondary N) is 1. The Morgan fingerprint density at radius 2 is 2.05 bits per heavy atom. The number of rotatable bonds is 6. The van der Waals surface area contributed by atoms with E-state index in [4.69, 9.17) is 0 Å². The number of hydrogen-bond donors (Lipinski definition) is 1. The Labute approximate surface area is 121 Å². The highest BCUT2D eigenvalue weighted by Crippen LogP contribution is 2.11. The van der Waals surface area contributed by atoms with Gasteiger partial charge in [0.15, 0.2) is 0 Å². The molecular formula is C15H17FN2OS. The predicted molar refractivity (Wildman–Crippen MR) is 78.3 cm³/mol. The fraction of sp³-hybridized carbons (Fsp3) is 0.333. The molecule has 1 aromatic carbocycles. The number of aryl methyl sites for hydroxylation is 2. The van der Waals surface area contributed by atoms with Crippen molar-refractivity contribution in [1.29, 1.82) is 0 Å². The lowest BCUT2D eigenvalue weighted by Gasteiger charge is -2.04. The van der Waals surface area contributed by atoms with Crippen LogP contribution in [0.5, 0.6) is 0 Å². The monoisotopic (exact) mass is 292 g/mol. The van der Waals surface area contributed by atoms with Crippen LogP contribution in [0.3, 0.4) is 0 Å². The molecule has 2 aromatic rings. The molecule has 0 radical (unpaired) electrons. The van der Waals surface area contributed by atoms with E-state index in [-0.39, 0.29) is 11.7 Å². The Kier molecular flexibility index (Phi) is 5.24. The average Bonchev–Trinajstić information content (AvgIpc) is 2.84. The summed E-state index contributed by atoms with van der Waals surface area (Å²) in [5, 5.41) is 3.92. The number of hydrogen-bond acceptors (Lipinski definition) is 3. The molecule has 0 saturated carbocycles. The molecule has 0 aliphatic rings. The van der Waals surface area contributed by atoms with Crippen LogP contribution in [-0.4, -0.2) is 17.4 Å². The number of benzene rings is 1. The maximum Gasteiger partial charge on any atom is 0.220 e. The smallest absolute Gasteiger partial charge is 0.220 e. The Morgan fingerprint density at radius 1 is 1.30 bits per heavy atom. The Balaban J connectivity index is 1.66. The van der Waals surface area contributed by atoms with Gasteiger partial charge in [-0.3, -0.25) is 4.79 Å². The summed E-state index contributed by atoms with van der Waals surface area (Å²) >= 11 is 1.65. The van der Waals surface area contributed by atoms with Crippen molar-refractivity contribution < 1.29 is 9.18 Å². The van der Waals surface area contributed by atoms with Gasteiger partial charge in [-0.2, -0.15) is 0 Å². The highest BCUT2D eigenvalue weighted by molar-refractivity contribution is 7.11. The molecule has 3 nitrogen and oxygen atoms in total. The zero-order chi connectivity index (χ0) is 14.4. The highest BCUT2D eigenvalue weighted by Gasteiger charge is 2.03. The van der Waals surface area contributed by atoms with Gasteiger partial charge in [-0.25, -0.2) is 9.37 Å². The Bertz CT molecular complexity index is 566. The van der Waals surface area contributed by atoms with E-state index in [2.05, 4.69) is 10.3 Å². The second-order valence-electron chi connectivity index (χ2n) is 4.59. The van der Waals surface area contributed by atoms with E-state index < -0.39 is 0 Å². The highest BCUT2D eigenvalue weighted by atomic mass is 32.1. The van der Waals surface area contributed by atoms with E-state index in [0.29, 0.717) is 19.4 Å². The summed E-state index contributed by atoms with van der Waals surface area (Å²) in [5.74, 6) is -0.237. The van der Waals surface area contributed by atoms with Crippen molar-refractivity contribution in [2.45, 2.75) is 26.2 Å². The van der Waals surface area contributed by atoms with Crippen LogP contribution in [0.15, 0.2) is 30.5 Å². The minimum Gasteiger partial charge on any atom is -0.356 e. The Hall–Kier alpha value is -1.75. The number of halogens is 1. The first-order valence-electron chi connectivity index (χ1n) is 6.56. The topological polar surface area (TPSA) is 42.0 Å². The van der Waals surface area contributed by atoms with Crippen LogP contribution in [-0.2, 0) is 17.6 Å². The molecule has 1 N–H and O–H groups in total. The lowest BCUT2D eigenvalue weighted by molar-refractivity contribution is -0.121. The number of amides is 1. The van der Waals surface area contributed by atoms with Crippen molar-refractivity contribution >= 4 is 17.2 Å². The number of thiazole rings is 1. The second-order valence-corrected chi connectivity index (χ2v) is 5.91. The van der Waals surface area contributed by atoms with Crippen LogP contribution in [0.1, 0.15) is 21.9 Å². The molecule has 0 unspecified atom stereocenters. The largest absolute Gasteiger partial charge is 0.356 e. The third-order valence-electron chi connectivity index (χ3n) is 2.88. The molecule has 0 aliphatic heterocycles. The van der Waals surface area contributed by atoms with Gasteiger partial charge in [0.05, 0.1) is 5.01 Å². The third kappa shape index (κ3) is 4.74.